The maximum Gasteiger partial charge on any atom is 0.0987 e. The molecule has 1 aromatic rings. The van der Waals surface area contributed by atoms with E-state index in [-0.39, 0.29) is 12.1 Å². The minimum Gasteiger partial charge on any atom is -0.372 e. The second-order valence-electron chi connectivity index (χ2n) is 4.85. The number of hydrogen-bond acceptors (Lipinski definition) is 2. The average Bonchev–Trinajstić information content (AvgIpc) is 2.25. The van der Waals surface area contributed by atoms with E-state index < -0.39 is 0 Å². The van der Waals surface area contributed by atoms with Crippen molar-refractivity contribution >= 4 is 11.6 Å². The third-order valence-corrected chi connectivity index (χ3v) is 3.03. The van der Waals surface area contributed by atoms with Crippen molar-refractivity contribution in [3.8, 4) is 0 Å². The van der Waals surface area contributed by atoms with Gasteiger partial charge in [-0.3, -0.25) is 0 Å². The fourth-order valence-electron chi connectivity index (χ4n) is 1.66. The standard InChI is InChI=1S/C14H22ClNO/c1-10(2)8-9-17-14(11(3)16)12-6-4-5-7-13(12)15/h4-7,10-11,14H,8-9,16H2,1-3H3. The number of halogens is 1. The van der Waals surface area contributed by atoms with Crippen LogP contribution in [0.25, 0.3) is 0 Å². The molecule has 1 rings (SSSR count). The first kappa shape index (κ1) is 14.5. The van der Waals surface area contributed by atoms with Gasteiger partial charge in [-0.15, -0.1) is 0 Å². The molecule has 0 saturated carbocycles. The van der Waals surface area contributed by atoms with Crippen LogP contribution in [0, 0.1) is 5.92 Å². The van der Waals surface area contributed by atoms with Gasteiger partial charge < -0.3 is 10.5 Å². The lowest BCUT2D eigenvalue weighted by atomic mass is 10.0. The van der Waals surface area contributed by atoms with E-state index in [1.54, 1.807) is 0 Å². The number of hydrogen-bond donors (Lipinski definition) is 1. The molecule has 0 aliphatic rings. The van der Waals surface area contributed by atoms with Crippen LogP contribution >= 0.6 is 11.6 Å². The maximum absolute atomic E-state index is 6.17. The van der Waals surface area contributed by atoms with Crippen LogP contribution in [0.5, 0.6) is 0 Å². The van der Waals surface area contributed by atoms with Gasteiger partial charge in [0.25, 0.3) is 0 Å². The second kappa shape index (κ2) is 7.00. The van der Waals surface area contributed by atoms with Crippen molar-refractivity contribution in [2.24, 2.45) is 11.7 Å². The Bertz CT molecular complexity index is 339. The molecule has 0 aliphatic carbocycles. The molecular formula is C14H22ClNO. The Morgan fingerprint density at radius 2 is 1.88 bits per heavy atom. The Labute approximate surface area is 109 Å². The summed E-state index contributed by atoms with van der Waals surface area (Å²) >= 11 is 6.17. The van der Waals surface area contributed by atoms with Gasteiger partial charge in [-0.2, -0.15) is 0 Å². The summed E-state index contributed by atoms with van der Waals surface area (Å²) in [7, 11) is 0. The molecule has 0 spiro atoms. The van der Waals surface area contributed by atoms with Crippen molar-refractivity contribution in [3.63, 3.8) is 0 Å². The van der Waals surface area contributed by atoms with Gasteiger partial charge in [0, 0.05) is 23.2 Å². The predicted molar refractivity (Wildman–Crippen MR) is 73.2 cm³/mol. The molecule has 0 amide bonds. The summed E-state index contributed by atoms with van der Waals surface area (Å²) < 4.78 is 5.87. The normalized spacial score (nSPS) is 14.9. The number of rotatable bonds is 6. The first-order chi connectivity index (χ1) is 8.02. The van der Waals surface area contributed by atoms with E-state index in [9.17, 15) is 0 Å². The minimum absolute atomic E-state index is 0.0675. The Morgan fingerprint density at radius 3 is 2.41 bits per heavy atom. The first-order valence-corrected chi connectivity index (χ1v) is 6.51. The lowest BCUT2D eigenvalue weighted by Gasteiger charge is -2.23. The number of benzene rings is 1. The van der Waals surface area contributed by atoms with Gasteiger partial charge in [0.05, 0.1) is 6.10 Å². The summed E-state index contributed by atoms with van der Waals surface area (Å²) in [6, 6.07) is 7.66. The molecule has 96 valence electrons. The summed E-state index contributed by atoms with van der Waals surface area (Å²) in [5.74, 6) is 0.634. The van der Waals surface area contributed by atoms with E-state index >= 15 is 0 Å². The van der Waals surface area contributed by atoms with Gasteiger partial charge >= 0.3 is 0 Å². The van der Waals surface area contributed by atoms with E-state index in [0.29, 0.717) is 5.92 Å². The lowest BCUT2D eigenvalue weighted by Crippen LogP contribution is -2.27. The quantitative estimate of drug-likeness (QED) is 0.839. The van der Waals surface area contributed by atoms with Crippen LogP contribution in [0.15, 0.2) is 24.3 Å². The predicted octanol–water partition coefficient (Wildman–Crippen LogP) is 3.79. The van der Waals surface area contributed by atoms with Crippen LogP contribution in [-0.4, -0.2) is 12.6 Å². The number of nitrogens with two attached hydrogens (primary N) is 1. The summed E-state index contributed by atoms with van der Waals surface area (Å²) in [6.07, 6.45) is 0.913. The first-order valence-electron chi connectivity index (χ1n) is 6.14. The molecule has 0 radical (unpaired) electrons. The third-order valence-electron chi connectivity index (χ3n) is 2.68. The van der Waals surface area contributed by atoms with Gasteiger partial charge in [-0.05, 0) is 25.3 Å². The minimum atomic E-state index is -0.123. The molecule has 2 nitrogen and oxygen atoms in total. The molecule has 0 fully saturated rings. The molecule has 0 heterocycles. The molecule has 17 heavy (non-hydrogen) atoms. The Hall–Kier alpha value is -0.570. The Balaban J connectivity index is 2.69. The highest BCUT2D eigenvalue weighted by molar-refractivity contribution is 6.31. The third kappa shape index (κ3) is 4.66. The monoisotopic (exact) mass is 255 g/mol. The number of ether oxygens (including phenoxy) is 1. The molecule has 0 aromatic heterocycles. The summed E-state index contributed by atoms with van der Waals surface area (Å²) in [4.78, 5) is 0. The molecule has 2 N–H and O–H groups in total. The molecule has 0 bridgehead atoms. The molecule has 2 unspecified atom stereocenters. The maximum atomic E-state index is 6.17. The molecule has 0 aliphatic heterocycles. The molecule has 1 aromatic carbocycles. The SMILES string of the molecule is CC(C)CCOC(c1ccccc1Cl)C(C)N. The summed E-state index contributed by atoms with van der Waals surface area (Å²) in [5, 5.41) is 0.722. The Kier molecular flexibility index (Phi) is 5.96. The van der Waals surface area contributed by atoms with Gasteiger partial charge in [0.2, 0.25) is 0 Å². The van der Waals surface area contributed by atoms with E-state index in [1.807, 2.05) is 31.2 Å². The summed E-state index contributed by atoms with van der Waals surface area (Å²) in [5.41, 5.74) is 6.95. The van der Waals surface area contributed by atoms with E-state index in [4.69, 9.17) is 22.1 Å². The highest BCUT2D eigenvalue weighted by Crippen LogP contribution is 2.27. The van der Waals surface area contributed by atoms with Crippen LogP contribution in [0.3, 0.4) is 0 Å². The zero-order valence-electron chi connectivity index (χ0n) is 10.8. The molecule has 2 atom stereocenters. The topological polar surface area (TPSA) is 35.2 Å². The van der Waals surface area contributed by atoms with Crippen molar-refractivity contribution in [1.82, 2.24) is 0 Å². The zero-order chi connectivity index (χ0) is 12.8. The van der Waals surface area contributed by atoms with E-state index in [0.717, 1.165) is 23.6 Å². The summed E-state index contributed by atoms with van der Waals surface area (Å²) in [6.45, 7) is 7.03. The van der Waals surface area contributed by atoms with Crippen LogP contribution in [0.1, 0.15) is 38.9 Å². The van der Waals surface area contributed by atoms with Gasteiger partial charge in [-0.1, -0.05) is 43.6 Å². The highest BCUT2D eigenvalue weighted by atomic mass is 35.5. The fourth-order valence-corrected chi connectivity index (χ4v) is 1.90. The fraction of sp³-hybridized carbons (Fsp3) is 0.571. The highest BCUT2D eigenvalue weighted by Gasteiger charge is 2.19. The van der Waals surface area contributed by atoms with Crippen molar-refractivity contribution < 1.29 is 4.74 Å². The average molecular weight is 256 g/mol. The Morgan fingerprint density at radius 1 is 1.24 bits per heavy atom. The van der Waals surface area contributed by atoms with Crippen LogP contribution in [0.2, 0.25) is 5.02 Å². The van der Waals surface area contributed by atoms with Crippen molar-refractivity contribution in [1.29, 1.82) is 0 Å². The molecule has 0 saturated heterocycles. The molecule has 3 heteroatoms. The second-order valence-corrected chi connectivity index (χ2v) is 5.26. The van der Waals surface area contributed by atoms with Crippen molar-refractivity contribution in [2.45, 2.75) is 39.3 Å². The van der Waals surface area contributed by atoms with Crippen LogP contribution in [-0.2, 0) is 4.74 Å². The lowest BCUT2D eigenvalue weighted by molar-refractivity contribution is 0.0322. The molecular weight excluding hydrogens is 234 g/mol. The smallest absolute Gasteiger partial charge is 0.0987 e. The van der Waals surface area contributed by atoms with Crippen molar-refractivity contribution in [3.05, 3.63) is 34.9 Å². The van der Waals surface area contributed by atoms with Gasteiger partial charge in [0.15, 0.2) is 0 Å². The van der Waals surface area contributed by atoms with Gasteiger partial charge in [0.1, 0.15) is 0 Å². The van der Waals surface area contributed by atoms with Crippen molar-refractivity contribution in [2.75, 3.05) is 6.61 Å². The van der Waals surface area contributed by atoms with E-state index in [2.05, 4.69) is 13.8 Å². The van der Waals surface area contributed by atoms with Crippen LogP contribution in [0.4, 0.5) is 0 Å². The van der Waals surface area contributed by atoms with Gasteiger partial charge in [-0.25, -0.2) is 0 Å². The van der Waals surface area contributed by atoms with E-state index in [1.165, 1.54) is 0 Å². The largest absolute Gasteiger partial charge is 0.372 e. The van der Waals surface area contributed by atoms with Crippen LogP contribution < -0.4 is 5.73 Å². The zero-order valence-corrected chi connectivity index (χ0v) is 11.6.